The van der Waals surface area contributed by atoms with Crippen LogP contribution in [0.3, 0.4) is 0 Å². The quantitative estimate of drug-likeness (QED) is 0.826. The minimum Gasteiger partial charge on any atom is -0.455 e. The van der Waals surface area contributed by atoms with Gasteiger partial charge in [0, 0.05) is 0 Å². The van der Waals surface area contributed by atoms with Crippen molar-refractivity contribution in [2.24, 2.45) is 0 Å². The molecule has 2 aliphatic rings. The molecule has 2 aromatic carbocycles. The van der Waals surface area contributed by atoms with Crippen LogP contribution in [0.25, 0.3) is 0 Å². The van der Waals surface area contributed by atoms with Crippen molar-refractivity contribution in [3.63, 3.8) is 0 Å². The van der Waals surface area contributed by atoms with E-state index in [-0.39, 0.29) is 18.2 Å². The minimum absolute atomic E-state index is 0.0611. The maximum Gasteiger partial charge on any atom is 0.238 e. The average Bonchev–Trinajstić information content (AvgIpc) is 3.25. The van der Waals surface area contributed by atoms with Gasteiger partial charge in [-0.15, -0.1) is 0 Å². The van der Waals surface area contributed by atoms with Crippen molar-refractivity contribution >= 4 is 11.6 Å². The lowest BCUT2D eigenvalue weighted by Crippen LogP contribution is -2.50. The standard InChI is InChI=1S/C22H26N2O4/c25-21(16-24-13-7-6-11-19(24)22-26-14-15-27-22)23-18-10-4-5-12-20(18)28-17-8-2-1-3-9-17/h1-5,8-10,12,19,22H,6-7,11,13-16H2,(H,23,25). The molecule has 4 rings (SSSR count). The van der Waals surface area contributed by atoms with Gasteiger partial charge in [0.2, 0.25) is 5.91 Å². The third-order valence-electron chi connectivity index (χ3n) is 5.10. The Bertz CT molecular complexity index is 777. The van der Waals surface area contributed by atoms with Crippen LogP contribution in [0, 0.1) is 0 Å². The predicted octanol–water partition coefficient (Wildman–Crippen LogP) is 3.64. The van der Waals surface area contributed by atoms with Crippen LogP contribution < -0.4 is 10.1 Å². The topological polar surface area (TPSA) is 60.0 Å². The van der Waals surface area contributed by atoms with Crippen molar-refractivity contribution in [3.8, 4) is 11.5 Å². The Hall–Kier alpha value is -2.41. The first-order valence-corrected chi connectivity index (χ1v) is 9.88. The Morgan fingerprint density at radius 2 is 1.79 bits per heavy atom. The maximum absolute atomic E-state index is 12.8. The number of piperidine rings is 1. The second kappa shape index (κ2) is 9.19. The Balaban J connectivity index is 1.40. The normalized spacial score (nSPS) is 20.8. The number of amides is 1. The lowest BCUT2D eigenvalue weighted by atomic mass is 10.0. The number of likely N-dealkylation sites (tertiary alicyclic amines) is 1. The molecule has 2 fully saturated rings. The zero-order valence-electron chi connectivity index (χ0n) is 15.9. The summed E-state index contributed by atoms with van der Waals surface area (Å²) in [5.74, 6) is 1.30. The number of nitrogens with zero attached hydrogens (tertiary/aromatic N) is 1. The van der Waals surface area contributed by atoms with E-state index in [1.54, 1.807) is 0 Å². The summed E-state index contributed by atoms with van der Waals surface area (Å²) >= 11 is 0. The van der Waals surface area contributed by atoms with Gasteiger partial charge in [-0.05, 0) is 43.7 Å². The Labute approximate surface area is 165 Å². The molecule has 2 saturated heterocycles. The summed E-state index contributed by atoms with van der Waals surface area (Å²) in [6.07, 6.45) is 3.00. The fourth-order valence-electron chi connectivity index (χ4n) is 3.77. The van der Waals surface area contributed by atoms with E-state index in [2.05, 4.69) is 10.2 Å². The van der Waals surface area contributed by atoms with Crippen LogP contribution in [-0.2, 0) is 14.3 Å². The molecule has 1 N–H and O–H groups in total. The molecule has 6 nitrogen and oxygen atoms in total. The highest BCUT2D eigenvalue weighted by molar-refractivity contribution is 5.93. The van der Waals surface area contributed by atoms with Gasteiger partial charge in [0.25, 0.3) is 0 Å². The molecule has 0 aliphatic carbocycles. The first-order valence-electron chi connectivity index (χ1n) is 9.88. The fraction of sp³-hybridized carbons (Fsp3) is 0.409. The van der Waals surface area contributed by atoms with Crippen LogP contribution in [0.15, 0.2) is 54.6 Å². The molecule has 0 bridgehead atoms. The summed E-state index contributed by atoms with van der Waals surface area (Å²) in [6, 6.07) is 17.2. The second-order valence-corrected chi connectivity index (χ2v) is 7.10. The third-order valence-corrected chi connectivity index (χ3v) is 5.10. The number of ether oxygens (including phenoxy) is 3. The van der Waals surface area contributed by atoms with Gasteiger partial charge < -0.3 is 19.5 Å². The smallest absolute Gasteiger partial charge is 0.238 e. The number of benzene rings is 2. The van der Waals surface area contributed by atoms with Crippen LogP contribution in [-0.4, -0.2) is 49.4 Å². The highest BCUT2D eigenvalue weighted by Gasteiger charge is 2.34. The van der Waals surface area contributed by atoms with Gasteiger partial charge in [-0.2, -0.15) is 0 Å². The molecule has 6 heteroatoms. The maximum atomic E-state index is 12.8. The third kappa shape index (κ3) is 4.70. The van der Waals surface area contributed by atoms with Gasteiger partial charge in [-0.25, -0.2) is 0 Å². The minimum atomic E-state index is -0.221. The molecule has 2 aliphatic heterocycles. The highest BCUT2D eigenvalue weighted by Crippen LogP contribution is 2.29. The number of anilines is 1. The van der Waals surface area contributed by atoms with Crippen LogP contribution >= 0.6 is 0 Å². The lowest BCUT2D eigenvalue weighted by Gasteiger charge is -2.37. The van der Waals surface area contributed by atoms with E-state index < -0.39 is 0 Å². The van der Waals surface area contributed by atoms with Gasteiger partial charge >= 0.3 is 0 Å². The summed E-state index contributed by atoms with van der Waals surface area (Å²) in [6.45, 7) is 2.45. The summed E-state index contributed by atoms with van der Waals surface area (Å²) in [5, 5.41) is 3.00. The van der Waals surface area contributed by atoms with Crippen LogP contribution in [0.4, 0.5) is 5.69 Å². The monoisotopic (exact) mass is 382 g/mol. The van der Waals surface area contributed by atoms with E-state index in [9.17, 15) is 4.79 Å². The first-order chi connectivity index (χ1) is 13.8. The predicted molar refractivity (Wildman–Crippen MR) is 106 cm³/mol. The lowest BCUT2D eigenvalue weighted by molar-refractivity contribution is -0.127. The molecule has 1 unspecified atom stereocenters. The number of carbonyl (C=O) groups excluding carboxylic acids is 1. The van der Waals surface area contributed by atoms with Crippen LogP contribution in [0.2, 0.25) is 0 Å². The molecule has 28 heavy (non-hydrogen) atoms. The van der Waals surface area contributed by atoms with Crippen molar-refractivity contribution in [2.45, 2.75) is 31.6 Å². The van der Waals surface area contributed by atoms with Crippen molar-refractivity contribution < 1.29 is 19.0 Å². The summed E-state index contributed by atoms with van der Waals surface area (Å²) in [7, 11) is 0. The number of para-hydroxylation sites is 3. The van der Waals surface area contributed by atoms with Crippen molar-refractivity contribution in [1.29, 1.82) is 0 Å². The molecule has 2 aromatic rings. The second-order valence-electron chi connectivity index (χ2n) is 7.10. The largest absolute Gasteiger partial charge is 0.455 e. The van der Waals surface area contributed by atoms with E-state index in [4.69, 9.17) is 14.2 Å². The highest BCUT2D eigenvalue weighted by atomic mass is 16.7. The number of nitrogens with one attached hydrogen (secondary N) is 1. The van der Waals surface area contributed by atoms with Gasteiger partial charge in [0.05, 0.1) is 31.5 Å². The van der Waals surface area contributed by atoms with Crippen LogP contribution in [0.1, 0.15) is 19.3 Å². The van der Waals surface area contributed by atoms with Gasteiger partial charge in [-0.1, -0.05) is 36.8 Å². The van der Waals surface area contributed by atoms with E-state index in [0.717, 1.165) is 31.6 Å². The van der Waals surface area contributed by atoms with E-state index >= 15 is 0 Å². The van der Waals surface area contributed by atoms with E-state index in [0.29, 0.717) is 31.2 Å². The number of hydrogen-bond donors (Lipinski definition) is 1. The van der Waals surface area contributed by atoms with E-state index in [1.807, 2.05) is 54.6 Å². The molecule has 0 aromatic heterocycles. The van der Waals surface area contributed by atoms with Gasteiger partial charge in [0.15, 0.2) is 12.0 Å². The first kappa shape index (κ1) is 18.9. The zero-order valence-corrected chi connectivity index (χ0v) is 15.9. The summed E-state index contributed by atoms with van der Waals surface area (Å²) in [5.41, 5.74) is 0.665. The molecule has 0 spiro atoms. The molecule has 2 heterocycles. The fourth-order valence-corrected chi connectivity index (χ4v) is 3.77. The Morgan fingerprint density at radius 1 is 1.04 bits per heavy atom. The molecule has 0 saturated carbocycles. The van der Waals surface area contributed by atoms with E-state index in [1.165, 1.54) is 0 Å². The summed E-state index contributed by atoms with van der Waals surface area (Å²) < 4.78 is 17.3. The van der Waals surface area contributed by atoms with Crippen LogP contribution in [0.5, 0.6) is 11.5 Å². The molecule has 1 atom stereocenters. The van der Waals surface area contributed by atoms with Gasteiger partial charge in [-0.3, -0.25) is 9.69 Å². The molecule has 0 radical (unpaired) electrons. The van der Waals surface area contributed by atoms with Gasteiger partial charge in [0.1, 0.15) is 5.75 Å². The molecular weight excluding hydrogens is 356 g/mol. The number of carbonyl (C=O) groups is 1. The van der Waals surface area contributed by atoms with Crippen molar-refractivity contribution in [2.75, 3.05) is 31.6 Å². The van der Waals surface area contributed by atoms with Crippen molar-refractivity contribution in [3.05, 3.63) is 54.6 Å². The summed E-state index contributed by atoms with van der Waals surface area (Å²) in [4.78, 5) is 14.9. The Morgan fingerprint density at radius 3 is 2.61 bits per heavy atom. The molecular formula is C22H26N2O4. The SMILES string of the molecule is O=C(CN1CCCCC1C1OCCO1)Nc1ccccc1Oc1ccccc1. The number of hydrogen-bond acceptors (Lipinski definition) is 5. The molecule has 148 valence electrons. The molecule has 1 amide bonds. The van der Waals surface area contributed by atoms with Crippen molar-refractivity contribution in [1.82, 2.24) is 4.90 Å². The Kier molecular flexibility index (Phi) is 6.21. The zero-order chi connectivity index (χ0) is 19.2. The average molecular weight is 382 g/mol. The number of rotatable bonds is 6.